The second-order valence-electron chi connectivity index (χ2n) is 6.94. The van der Waals surface area contributed by atoms with Crippen molar-refractivity contribution in [2.45, 2.75) is 59.3 Å². The van der Waals surface area contributed by atoms with Crippen molar-refractivity contribution in [3.05, 3.63) is 28.8 Å². The molecular weight excluding hydrogens is 286 g/mol. The van der Waals surface area contributed by atoms with Crippen LogP contribution in [0.15, 0.2) is 12.1 Å². The molecule has 1 aromatic heterocycles. The highest BCUT2D eigenvalue weighted by atomic mass is 15.2. The number of rotatable bonds is 4. The maximum Gasteiger partial charge on any atom is 0.242 e. The zero-order chi connectivity index (χ0) is 17.3. The highest BCUT2D eigenvalue weighted by Gasteiger charge is 2.21. The Morgan fingerprint density at radius 3 is 1.70 bits per heavy atom. The average Bonchev–Trinajstić information content (AvgIpc) is 2.45. The molecule has 2 aromatic rings. The lowest BCUT2D eigenvalue weighted by atomic mass is 9.83. The topological polar surface area (TPSA) is 90.7 Å². The Morgan fingerprint density at radius 1 is 0.783 bits per heavy atom. The van der Waals surface area contributed by atoms with Gasteiger partial charge in [-0.25, -0.2) is 0 Å². The lowest BCUT2D eigenvalue weighted by Gasteiger charge is -2.22. The third kappa shape index (κ3) is 3.44. The molecule has 124 valence electrons. The van der Waals surface area contributed by atoms with Crippen LogP contribution in [0.4, 0.5) is 11.8 Å². The van der Waals surface area contributed by atoms with Crippen molar-refractivity contribution in [3.8, 4) is 11.3 Å². The molecule has 0 saturated carbocycles. The van der Waals surface area contributed by atoms with E-state index >= 15 is 0 Å². The zero-order valence-electron chi connectivity index (χ0n) is 14.9. The molecule has 0 radical (unpaired) electrons. The number of anilines is 2. The summed E-state index contributed by atoms with van der Waals surface area (Å²) in [5.74, 6) is 1.59. The van der Waals surface area contributed by atoms with Crippen LogP contribution in [0.5, 0.6) is 0 Å². The first-order valence-corrected chi connectivity index (χ1v) is 8.16. The van der Waals surface area contributed by atoms with Gasteiger partial charge in [0.1, 0.15) is 5.69 Å². The number of benzene rings is 1. The Hall–Kier alpha value is -2.17. The van der Waals surface area contributed by atoms with Gasteiger partial charge in [0, 0.05) is 5.56 Å². The van der Waals surface area contributed by atoms with Crippen LogP contribution >= 0.6 is 0 Å². The molecule has 0 bridgehead atoms. The number of hydrogen-bond donors (Lipinski definition) is 2. The molecular formula is C18H27N5. The first kappa shape index (κ1) is 17.2. The summed E-state index contributed by atoms with van der Waals surface area (Å²) < 4.78 is 0. The molecule has 0 aliphatic rings. The normalized spacial score (nSPS) is 11.7. The van der Waals surface area contributed by atoms with E-state index in [1.165, 1.54) is 16.7 Å². The molecule has 0 saturated heterocycles. The van der Waals surface area contributed by atoms with E-state index in [9.17, 15) is 0 Å². The smallest absolute Gasteiger partial charge is 0.242 e. The Morgan fingerprint density at radius 2 is 1.30 bits per heavy atom. The molecule has 0 fully saturated rings. The number of nitrogen functional groups attached to an aromatic ring is 2. The maximum absolute atomic E-state index is 6.10. The van der Waals surface area contributed by atoms with Crippen molar-refractivity contribution < 1.29 is 0 Å². The molecule has 0 spiro atoms. The van der Waals surface area contributed by atoms with Gasteiger partial charge in [0.2, 0.25) is 5.95 Å². The summed E-state index contributed by atoms with van der Waals surface area (Å²) in [5, 5.41) is 8.16. The standard InChI is InChI=1S/C18H27N5/c1-9(2)12-7-13(10(3)4)15(14(8-12)11(5)6)16-17(19)21-18(20)23-22-16/h7-11H,1-6H3,(H4,19,20,21,23). The van der Waals surface area contributed by atoms with Crippen LogP contribution in [0.25, 0.3) is 11.3 Å². The van der Waals surface area contributed by atoms with Crippen molar-refractivity contribution in [1.29, 1.82) is 0 Å². The fraction of sp³-hybridized carbons (Fsp3) is 0.500. The van der Waals surface area contributed by atoms with Gasteiger partial charge in [0.25, 0.3) is 0 Å². The molecule has 0 amide bonds. The lowest BCUT2D eigenvalue weighted by Crippen LogP contribution is -2.09. The number of nitrogens with zero attached hydrogens (tertiary/aromatic N) is 3. The van der Waals surface area contributed by atoms with Gasteiger partial charge in [0.15, 0.2) is 5.82 Å². The first-order chi connectivity index (χ1) is 10.7. The molecule has 23 heavy (non-hydrogen) atoms. The highest BCUT2D eigenvalue weighted by molar-refractivity contribution is 5.77. The van der Waals surface area contributed by atoms with Crippen molar-refractivity contribution in [2.75, 3.05) is 11.5 Å². The van der Waals surface area contributed by atoms with Crippen molar-refractivity contribution in [2.24, 2.45) is 0 Å². The minimum atomic E-state index is 0.0993. The van der Waals surface area contributed by atoms with Gasteiger partial charge < -0.3 is 11.5 Å². The summed E-state index contributed by atoms with van der Waals surface area (Å²) in [4.78, 5) is 4.09. The third-order valence-electron chi connectivity index (χ3n) is 4.10. The predicted molar refractivity (Wildman–Crippen MR) is 96.4 cm³/mol. The van der Waals surface area contributed by atoms with E-state index < -0.39 is 0 Å². The molecule has 4 N–H and O–H groups in total. The molecule has 1 heterocycles. The summed E-state index contributed by atoms with van der Waals surface area (Å²) in [7, 11) is 0. The Labute approximate surface area is 138 Å². The van der Waals surface area contributed by atoms with Gasteiger partial charge in [-0.1, -0.05) is 53.7 Å². The van der Waals surface area contributed by atoms with Gasteiger partial charge in [-0.15, -0.1) is 10.2 Å². The summed E-state index contributed by atoms with van der Waals surface area (Å²) in [5.41, 5.74) is 17.2. The van der Waals surface area contributed by atoms with E-state index in [1.54, 1.807) is 0 Å². The number of hydrogen-bond acceptors (Lipinski definition) is 5. The fourth-order valence-electron chi connectivity index (χ4n) is 2.76. The summed E-state index contributed by atoms with van der Waals surface area (Å²) in [6, 6.07) is 4.52. The first-order valence-electron chi connectivity index (χ1n) is 8.16. The van der Waals surface area contributed by atoms with Crippen LogP contribution in [-0.4, -0.2) is 15.2 Å². The van der Waals surface area contributed by atoms with Crippen LogP contribution in [0, 0.1) is 0 Å². The minimum absolute atomic E-state index is 0.0993. The zero-order valence-corrected chi connectivity index (χ0v) is 14.9. The summed E-state index contributed by atoms with van der Waals surface area (Å²) in [6.07, 6.45) is 0. The maximum atomic E-state index is 6.10. The monoisotopic (exact) mass is 313 g/mol. The predicted octanol–water partition coefficient (Wildman–Crippen LogP) is 4.07. The van der Waals surface area contributed by atoms with Gasteiger partial charge in [-0.3, -0.25) is 0 Å². The Kier molecular flexibility index (Phi) is 4.88. The number of nitrogens with two attached hydrogens (primary N) is 2. The highest BCUT2D eigenvalue weighted by Crippen LogP contribution is 2.39. The van der Waals surface area contributed by atoms with E-state index in [4.69, 9.17) is 11.5 Å². The van der Waals surface area contributed by atoms with E-state index in [1.807, 2.05) is 0 Å². The van der Waals surface area contributed by atoms with Gasteiger partial charge in [-0.05, 0) is 34.4 Å². The van der Waals surface area contributed by atoms with Gasteiger partial charge in [0.05, 0.1) is 0 Å². The molecule has 5 nitrogen and oxygen atoms in total. The molecule has 5 heteroatoms. The molecule has 1 aromatic carbocycles. The van der Waals surface area contributed by atoms with Crippen LogP contribution in [0.2, 0.25) is 0 Å². The van der Waals surface area contributed by atoms with Gasteiger partial charge in [-0.2, -0.15) is 4.98 Å². The third-order valence-corrected chi connectivity index (χ3v) is 4.10. The largest absolute Gasteiger partial charge is 0.382 e. The van der Waals surface area contributed by atoms with Crippen LogP contribution < -0.4 is 11.5 Å². The van der Waals surface area contributed by atoms with E-state index in [0.717, 1.165) is 5.56 Å². The molecule has 0 aliphatic heterocycles. The second kappa shape index (κ2) is 6.52. The van der Waals surface area contributed by atoms with Crippen molar-refractivity contribution >= 4 is 11.8 Å². The summed E-state index contributed by atoms with van der Waals surface area (Å²) >= 11 is 0. The van der Waals surface area contributed by atoms with E-state index in [0.29, 0.717) is 29.3 Å². The van der Waals surface area contributed by atoms with E-state index in [2.05, 4.69) is 68.9 Å². The van der Waals surface area contributed by atoms with E-state index in [-0.39, 0.29) is 5.95 Å². The van der Waals surface area contributed by atoms with Crippen molar-refractivity contribution in [3.63, 3.8) is 0 Å². The minimum Gasteiger partial charge on any atom is -0.382 e. The summed E-state index contributed by atoms with van der Waals surface area (Å²) in [6.45, 7) is 13.1. The second-order valence-corrected chi connectivity index (χ2v) is 6.94. The molecule has 0 unspecified atom stereocenters. The molecule has 0 aliphatic carbocycles. The van der Waals surface area contributed by atoms with Crippen LogP contribution in [-0.2, 0) is 0 Å². The number of aromatic nitrogens is 3. The van der Waals surface area contributed by atoms with Crippen LogP contribution in [0.3, 0.4) is 0 Å². The van der Waals surface area contributed by atoms with Crippen molar-refractivity contribution in [1.82, 2.24) is 15.2 Å². The molecule has 2 rings (SSSR count). The Balaban J connectivity index is 2.83. The van der Waals surface area contributed by atoms with Crippen LogP contribution in [0.1, 0.15) is 76.0 Å². The Bertz CT molecular complexity index is 676. The van der Waals surface area contributed by atoms with Gasteiger partial charge >= 0.3 is 0 Å². The molecule has 0 atom stereocenters. The SMILES string of the molecule is CC(C)c1cc(C(C)C)c(-c2nnc(N)nc2N)c(C(C)C)c1. The fourth-order valence-corrected chi connectivity index (χ4v) is 2.76. The average molecular weight is 313 g/mol. The lowest BCUT2D eigenvalue weighted by molar-refractivity contribution is 0.805. The quantitative estimate of drug-likeness (QED) is 0.887.